The summed E-state index contributed by atoms with van der Waals surface area (Å²) in [5, 5.41) is 7.37. The highest BCUT2D eigenvalue weighted by molar-refractivity contribution is 7.80. The zero-order chi connectivity index (χ0) is 26.8. The highest BCUT2D eigenvalue weighted by atomic mass is 35.5. The summed E-state index contributed by atoms with van der Waals surface area (Å²) in [6.45, 7) is 3.68. The van der Waals surface area contributed by atoms with Crippen LogP contribution in [0, 0.1) is 5.92 Å². The number of carbonyl (C=O) groups excluding carboxylic acids is 1. The van der Waals surface area contributed by atoms with Crippen molar-refractivity contribution >= 4 is 46.2 Å². The average molecular weight is 546 g/mol. The Morgan fingerprint density at radius 1 is 1.08 bits per heavy atom. The molecule has 1 amide bonds. The Kier molecular flexibility index (Phi) is 7.35. The van der Waals surface area contributed by atoms with Gasteiger partial charge < -0.3 is 24.8 Å². The standard InChI is InChI=1S/C29H28ClN5O2S/c1-18(2)28(36)32-23-14-11-20(17-22(23)30)35-27(26(33-29(35)38)24-7-4-5-15-31-24)25-8-6-16-34(25)19-9-12-21(37-3)13-10-19/h4-18,26-27H,1-3H3,(H,32,36)(H,33,38)/t26-,27+/m1/s1. The Hall–Kier alpha value is -3.88. The molecular weight excluding hydrogens is 518 g/mol. The molecule has 0 radical (unpaired) electrons. The van der Waals surface area contributed by atoms with Gasteiger partial charge in [0.05, 0.1) is 29.6 Å². The quantitative estimate of drug-likeness (QED) is 0.265. The van der Waals surface area contributed by atoms with Crippen LogP contribution in [0.1, 0.15) is 37.3 Å². The number of hydrogen-bond acceptors (Lipinski definition) is 4. The minimum atomic E-state index is -0.235. The lowest BCUT2D eigenvalue weighted by Gasteiger charge is -2.29. The van der Waals surface area contributed by atoms with Crippen LogP contribution in [0.2, 0.25) is 5.02 Å². The normalized spacial score (nSPS) is 17.0. The number of benzene rings is 2. The predicted molar refractivity (Wildman–Crippen MR) is 155 cm³/mol. The number of rotatable bonds is 7. The van der Waals surface area contributed by atoms with E-state index in [-0.39, 0.29) is 23.9 Å². The number of aromatic nitrogens is 2. The van der Waals surface area contributed by atoms with Crippen molar-refractivity contribution < 1.29 is 9.53 Å². The summed E-state index contributed by atoms with van der Waals surface area (Å²) in [6.07, 6.45) is 3.81. The minimum absolute atomic E-state index is 0.0941. The molecule has 2 aromatic heterocycles. The first-order chi connectivity index (χ1) is 18.4. The second-order valence-corrected chi connectivity index (χ2v) is 10.1. The summed E-state index contributed by atoms with van der Waals surface area (Å²) in [7, 11) is 1.65. The SMILES string of the molecule is COc1ccc(-n2cccc2[C@H]2[C@@H](c3ccccn3)NC(=S)N2c2ccc(NC(=O)C(C)C)c(Cl)c2)cc1. The summed E-state index contributed by atoms with van der Waals surface area (Å²) in [4.78, 5) is 18.9. The molecule has 2 atom stereocenters. The molecule has 3 heterocycles. The van der Waals surface area contributed by atoms with Crippen molar-refractivity contribution in [2.75, 3.05) is 17.3 Å². The van der Waals surface area contributed by atoms with E-state index in [9.17, 15) is 4.79 Å². The Bertz CT molecular complexity index is 1460. The van der Waals surface area contributed by atoms with Gasteiger partial charge in [0.2, 0.25) is 5.91 Å². The summed E-state index contributed by atoms with van der Waals surface area (Å²) in [5.41, 5.74) is 4.25. The van der Waals surface area contributed by atoms with Gasteiger partial charge >= 0.3 is 0 Å². The molecule has 0 spiro atoms. The summed E-state index contributed by atoms with van der Waals surface area (Å²) < 4.78 is 7.49. The molecule has 7 nitrogen and oxygen atoms in total. The van der Waals surface area contributed by atoms with Crippen LogP contribution < -0.4 is 20.3 Å². The molecular formula is C29H28ClN5O2S. The van der Waals surface area contributed by atoms with Gasteiger partial charge in [0.15, 0.2) is 5.11 Å². The van der Waals surface area contributed by atoms with E-state index in [1.54, 1.807) is 13.3 Å². The number of anilines is 2. The van der Waals surface area contributed by atoms with Crippen LogP contribution in [0.3, 0.4) is 0 Å². The number of halogens is 1. The van der Waals surface area contributed by atoms with Crippen LogP contribution in [-0.2, 0) is 4.79 Å². The number of carbonyl (C=O) groups is 1. The average Bonchev–Trinajstić information content (AvgIpc) is 3.54. The van der Waals surface area contributed by atoms with Crippen LogP contribution >= 0.6 is 23.8 Å². The lowest BCUT2D eigenvalue weighted by atomic mass is 10.0. The number of nitrogens with zero attached hydrogens (tertiary/aromatic N) is 3. The van der Waals surface area contributed by atoms with E-state index in [2.05, 4.69) is 31.2 Å². The molecule has 0 saturated carbocycles. The van der Waals surface area contributed by atoms with Crippen molar-refractivity contribution in [3.63, 3.8) is 0 Å². The number of methoxy groups -OCH3 is 1. The van der Waals surface area contributed by atoms with Gasteiger partial charge in [-0.05, 0) is 78.9 Å². The van der Waals surface area contributed by atoms with Crippen molar-refractivity contribution in [1.82, 2.24) is 14.9 Å². The summed E-state index contributed by atoms with van der Waals surface area (Å²) in [5.74, 6) is 0.539. The van der Waals surface area contributed by atoms with Crippen LogP contribution in [0.25, 0.3) is 5.69 Å². The predicted octanol–water partition coefficient (Wildman–Crippen LogP) is 6.31. The molecule has 5 rings (SSSR count). The van der Waals surface area contributed by atoms with E-state index in [0.29, 0.717) is 15.8 Å². The molecule has 0 bridgehead atoms. The van der Waals surface area contributed by atoms with Gasteiger partial charge in [-0.3, -0.25) is 9.78 Å². The van der Waals surface area contributed by atoms with E-state index in [4.69, 9.17) is 28.6 Å². The van der Waals surface area contributed by atoms with Crippen molar-refractivity contribution in [1.29, 1.82) is 0 Å². The summed E-state index contributed by atoms with van der Waals surface area (Å²) in [6, 6.07) is 23.0. The van der Waals surface area contributed by atoms with Crippen molar-refractivity contribution in [3.05, 3.63) is 102 Å². The highest BCUT2D eigenvalue weighted by Crippen LogP contribution is 2.43. The van der Waals surface area contributed by atoms with Gasteiger partial charge in [0.1, 0.15) is 11.8 Å². The van der Waals surface area contributed by atoms with Gasteiger partial charge in [0, 0.05) is 35.4 Å². The largest absolute Gasteiger partial charge is 0.497 e. The first-order valence-electron chi connectivity index (χ1n) is 12.3. The number of pyridine rings is 1. The van der Waals surface area contributed by atoms with Crippen LogP contribution in [-0.4, -0.2) is 27.7 Å². The van der Waals surface area contributed by atoms with Crippen LogP contribution in [0.15, 0.2) is 85.2 Å². The van der Waals surface area contributed by atoms with E-state index >= 15 is 0 Å². The third-order valence-electron chi connectivity index (χ3n) is 6.55. The highest BCUT2D eigenvalue weighted by Gasteiger charge is 2.42. The fourth-order valence-electron chi connectivity index (χ4n) is 4.58. The lowest BCUT2D eigenvalue weighted by Crippen LogP contribution is -2.30. The molecule has 9 heteroatoms. The fraction of sp³-hybridized carbons (Fsp3) is 0.207. The van der Waals surface area contributed by atoms with Gasteiger partial charge in [-0.1, -0.05) is 31.5 Å². The van der Waals surface area contributed by atoms with E-state index < -0.39 is 0 Å². The molecule has 38 heavy (non-hydrogen) atoms. The van der Waals surface area contributed by atoms with Crippen molar-refractivity contribution in [2.45, 2.75) is 25.9 Å². The second-order valence-electron chi connectivity index (χ2n) is 9.31. The number of ether oxygens (including phenoxy) is 1. The zero-order valence-electron chi connectivity index (χ0n) is 21.3. The molecule has 1 aliphatic heterocycles. The molecule has 2 aromatic carbocycles. The first-order valence-corrected chi connectivity index (χ1v) is 13.1. The van der Waals surface area contributed by atoms with Crippen LogP contribution in [0.5, 0.6) is 5.75 Å². The second kappa shape index (κ2) is 10.8. The first kappa shape index (κ1) is 25.8. The Balaban J connectivity index is 1.59. The molecule has 0 unspecified atom stereocenters. The third kappa shape index (κ3) is 4.97. The Morgan fingerprint density at radius 3 is 2.50 bits per heavy atom. The maximum atomic E-state index is 12.2. The maximum absolute atomic E-state index is 12.2. The molecule has 0 aliphatic carbocycles. The number of nitrogens with one attached hydrogen (secondary N) is 2. The zero-order valence-corrected chi connectivity index (χ0v) is 22.8. The third-order valence-corrected chi connectivity index (χ3v) is 7.17. The number of hydrogen-bond donors (Lipinski definition) is 2. The van der Waals surface area contributed by atoms with Crippen LogP contribution in [0.4, 0.5) is 11.4 Å². The molecule has 1 aliphatic rings. The fourth-order valence-corrected chi connectivity index (χ4v) is 5.15. The molecule has 2 N–H and O–H groups in total. The molecule has 194 valence electrons. The Morgan fingerprint density at radius 2 is 1.84 bits per heavy atom. The number of thiocarbonyl (C=S) groups is 1. The monoisotopic (exact) mass is 545 g/mol. The van der Waals surface area contributed by atoms with Crippen molar-refractivity contribution in [3.8, 4) is 11.4 Å². The van der Waals surface area contributed by atoms with Crippen molar-refractivity contribution in [2.24, 2.45) is 5.92 Å². The van der Waals surface area contributed by atoms with Gasteiger partial charge in [-0.25, -0.2) is 0 Å². The summed E-state index contributed by atoms with van der Waals surface area (Å²) >= 11 is 12.5. The Labute approximate surface area is 232 Å². The number of amides is 1. The smallest absolute Gasteiger partial charge is 0.226 e. The van der Waals surface area contributed by atoms with E-state index in [0.717, 1.165) is 28.5 Å². The lowest BCUT2D eigenvalue weighted by molar-refractivity contribution is -0.118. The van der Waals surface area contributed by atoms with E-state index in [1.807, 2.05) is 86.8 Å². The maximum Gasteiger partial charge on any atom is 0.226 e. The van der Waals surface area contributed by atoms with Gasteiger partial charge in [-0.15, -0.1) is 0 Å². The molecule has 4 aromatic rings. The van der Waals surface area contributed by atoms with E-state index in [1.165, 1.54) is 0 Å². The van der Waals surface area contributed by atoms with Gasteiger partial charge in [-0.2, -0.15) is 0 Å². The minimum Gasteiger partial charge on any atom is -0.497 e. The molecule has 1 saturated heterocycles. The molecule has 1 fully saturated rings. The van der Waals surface area contributed by atoms with Gasteiger partial charge in [0.25, 0.3) is 0 Å². The topological polar surface area (TPSA) is 71.4 Å².